The lowest BCUT2D eigenvalue weighted by Crippen LogP contribution is -1.89. The van der Waals surface area contributed by atoms with Gasteiger partial charge in [-0.15, -0.1) is 0 Å². The third kappa shape index (κ3) is 1.65. The minimum atomic E-state index is 0.410. The van der Waals surface area contributed by atoms with Gasteiger partial charge in [0.15, 0.2) is 5.82 Å². The molecule has 6 heteroatoms. The predicted octanol–water partition coefficient (Wildman–Crippen LogP) is 2.70. The highest BCUT2D eigenvalue weighted by Crippen LogP contribution is 2.37. The number of hydrogen-bond donors (Lipinski definition) is 3. The Bertz CT molecular complexity index is 672. The van der Waals surface area contributed by atoms with E-state index < -0.39 is 0 Å². The van der Waals surface area contributed by atoms with Gasteiger partial charge in [0, 0.05) is 16.8 Å². The fourth-order valence-corrected chi connectivity index (χ4v) is 2.11. The lowest BCUT2D eigenvalue weighted by molar-refractivity contribution is 1.06. The minimum Gasteiger partial charge on any atom is -0.382 e. The molecule has 0 aliphatic carbocycles. The van der Waals surface area contributed by atoms with Crippen LogP contribution in [0.4, 0.5) is 5.82 Å². The van der Waals surface area contributed by atoms with Crippen LogP contribution in [-0.4, -0.2) is 20.4 Å². The molecule has 0 radical (unpaired) electrons. The van der Waals surface area contributed by atoms with Crippen molar-refractivity contribution in [3.05, 3.63) is 41.6 Å². The third-order valence-electron chi connectivity index (χ3n) is 2.71. The summed E-state index contributed by atoms with van der Waals surface area (Å²) in [7, 11) is 0. The van der Waals surface area contributed by atoms with Crippen molar-refractivity contribution in [2.24, 2.45) is 0 Å². The zero-order valence-corrected chi connectivity index (χ0v) is 10.1. The lowest BCUT2D eigenvalue weighted by Gasteiger charge is -2.05. The van der Waals surface area contributed by atoms with Crippen molar-refractivity contribution < 1.29 is 0 Å². The smallest absolute Gasteiger partial charge is 0.153 e. The number of hydrogen-bond acceptors (Lipinski definition) is 3. The van der Waals surface area contributed by atoms with Crippen LogP contribution in [0.15, 0.2) is 36.5 Å². The Morgan fingerprint density at radius 1 is 1.11 bits per heavy atom. The van der Waals surface area contributed by atoms with E-state index in [4.69, 9.17) is 17.3 Å². The summed E-state index contributed by atoms with van der Waals surface area (Å²) in [4.78, 5) is 0. The molecule has 2 heterocycles. The Morgan fingerprint density at radius 3 is 2.67 bits per heavy atom. The van der Waals surface area contributed by atoms with Crippen LogP contribution in [0.25, 0.3) is 22.5 Å². The molecule has 0 aliphatic heterocycles. The standard InChI is InChI=1S/C12H10ClN5/c13-8-4-2-1-3-7(8)10-11(17-18-12(10)14)9-5-6-15-16-9/h1-6H,(H,15,16)(H3,14,17,18). The second kappa shape index (κ2) is 4.19. The zero-order valence-electron chi connectivity index (χ0n) is 9.31. The average molecular weight is 260 g/mol. The van der Waals surface area contributed by atoms with Gasteiger partial charge >= 0.3 is 0 Å². The van der Waals surface area contributed by atoms with Crippen molar-refractivity contribution >= 4 is 17.4 Å². The summed E-state index contributed by atoms with van der Waals surface area (Å²) in [5, 5.41) is 14.4. The average Bonchev–Trinajstić information content (AvgIpc) is 2.99. The molecule has 3 rings (SSSR count). The van der Waals surface area contributed by atoms with E-state index in [1.807, 2.05) is 30.3 Å². The molecule has 0 atom stereocenters. The highest BCUT2D eigenvalue weighted by Gasteiger charge is 2.17. The second-order valence-corrected chi connectivity index (χ2v) is 4.22. The maximum Gasteiger partial charge on any atom is 0.153 e. The monoisotopic (exact) mass is 259 g/mol. The first-order valence-electron chi connectivity index (χ1n) is 5.36. The van der Waals surface area contributed by atoms with Gasteiger partial charge in [0.2, 0.25) is 0 Å². The van der Waals surface area contributed by atoms with Crippen LogP contribution >= 0.6 is 11.6 Å². The van der Waals surface area contributed by atoms with E-state index in [-0.39, 0.29) is 0 Å². The molecule has 0 fully saturated rings. The van der Waals surface area contributed by atoms with E-state index in [1.54, 1.807) is 6.20 Å². The quantitative estimate of drug-likeness (QED) is 0.662. The molecule has 0 spiro atoms. The molecule has 5 nitrogen and oxygen atoms in total. The summed E-state index contributed by atoms with van der Waals surface area (Å²) in [6.07, 6.45) is 1.67. The molecule has 0 aliphatic rings. The first-order valence-corrected chi connectivity index (χ1v) is 5.73. The van der Waals surface area contributed by atoms with Gasteiger partial charge in [0.25, 0.3) is 0 Å². The summed E-state index contributed by atoms with van der Waals surface area (Å²) in [5.41, 5.74) is 9.13. The van der Waals surface area contributed by atoms with E-state index in [9.17, 15) is 0 Å². The third-order valence-corrected chi connectivity index (χ3v) is 3.04. The van der Waals surface area contributed by atoms with E-state index in [0.29, 0.717) is 10.8 Å². The number of nitrogens with one attached hydrogen (secondary N) is 2. The first-order chi connectivity index (χ1) is 8.77. The number of rotatable bonds is 2. The number of aromatic nitrogens is 4. The fraction of sp³-hybridized carbons (Fsp3) is 0. The number of nitrogens with zero attached hydrogens (tertiary/aromatic N) is 2. The van der Waals surface area contributed by atoms with Crippen LogP contribution in [0.1, 0.15) is 0 Å². The maximum atomic E-state index is 6.20. The molecule has 4 N–H and O–H groups in total. The molecule has 2 aromatic heterocycles. The van der Waals surface area contributed by atoms with E-state index in [1.165, 1.54) is 0 Å². The highest BCUT2D eigenvalue weighted by atomic mass is 35.5. The highest BCUT2D eigenvalue weighted by molar-refractivity contribution is 6.33. The summed E-state index contributed by atoms with van der Waals surface area (Å²) in [5.74, 6) is 0.410. The SMILES string of the molecule is Nc1n[nH]c(-c2ccn[nH]2)c1-c1ccccc1Cl. The molecular formula is C12H10ClN5. The lowest BCUT2D eigenvalue weighted by atomic mass is 10.0. The van der Waals surface area contributed by atoms with Crippen LogP contribution in [0.5, 0.6) is 0 Å². The number of nitrogen functional groups attached to an aromatic ring is 1. The van der Waals surface area contributed by atoms with E-state index in [0.717, 1.165) is 22.5 Å². The summed E-state index contributed by atoms with van der Waals surface area (Å²) in [6.45, 7) is 0. The molecule has 0 amide bonds. The van der Waals surface area contributed by atoms with Gasteiger partial charge in [0.05, 0.1) is 17.0 Å². The van der Waals surface area contributed by atoms with Crippen molar-refractivity contribution in [2.45, 2.75) is 0 Å². The van der Waals surface area contributed by atoms with E-state index >= 15 is 0 Å². The van der Waals surface area contributed by atoms with Crippen molar-refractivity contribution in [1.29, 1.82) is 0 Å². The molecular weight excluding hydrogens is 250 g/mol. The van der Waals surface area contributed by atoms with Gasteiger partial charge in [-0.25, -0.2) is 0 Å². The number of halogens is 1. The zero-order chi connectivity index (χ0) is 12.5. The van der Waals surface area contributed by atoms with E-state index in [2.05, 4.69) is 20.4 Å². The van der Waals surface area contributed by atoms with Crippen molar-refractivity contribution in [3.8, 4) is 22.5 Å². The topological polar surface area (TPSA) is 83.4 Å². The number of nitrogens with two attached hydrogens (primary N) is 1. The Balaban J connectivity index is 2.24. The van der Waals surface area contributed by atoms with Gasteiger partial charge in [-0.1, -0.05) is 29.8 Å². The van der Waals surface area contributed by atoms with Gasteiger partial charge in [0.1, 0.15) is 0 Å². The minimum absolute atomic E-state index is 0.410. The summed E-state index contributed by atoms with van der Waals surface area (Å²) < 4.78 is 0. The van der Waals surface area contributed by atoms with Gasteiger partial charge in [-0.3, -0.25) is 10.2 Å². The van der Waals surface area contributed by atoms with Crippen LogP contribution < -0.4 is 5.73 Å². The Labute approximate surface area is 108 Å². The number of H-pyrrole nitrogens is 2. The van der Waals surface area contributed by atoms with Gasteiger partial charge in [-0.05, 0) is 12.1 Å². The fourth-order valence-electron chi connectivity index (χ4n) is 1.88. The molecule has 90 valence electrons. The van der Waals surface area contributed by atoms with Crippen molar-refractivity contribution in [2.75, 3.05) is 5.73 Å². The number of benzene rings is 1. The van der Waals surface area contributed by atoms with Crippen LogP contribution in [0.3, 0.4) is 0 Å². The summed E-state index contributed by atoms with van der Waals surface area (Å²) >= 11 is 6.20. The Kier molecular flexibility index (Phi) is 2.53. The van der Waals surface area contributed by atoms with Gasteiger partial charge < -0.3 is 5.73 Å². The van der Waals surface area contributed by atoms with Gasteiger partial charge in [-0.2, -0.15) is 10.2 Å². The maximum absolute atomic E-state index is 6.20. The van der Waals surface area contributed by atoms with Crippen LogP contribution in [-0.2, 0) is 0 Å². The second-order valence-electron chi connectivity index (χ2n) is 3.81. The largest absolute Gasteiger partial charge is 0.382 e. The molecule has 0 saturated carbocycles. The molecule has 0 bridgehead atoms. The normalized spacial score (nSPS) is 10.7. The number of aromatic amines is 2. The Morgan fingerprint density at radius 2 is 1.94 bits per heavy atom. The van der Waals surface area contributed by atoms with Crippen LogP contribution in [0.2, 0.25) is 5.02 Å². The van der Waals surface area contributed by atoms with Crippen molar-refractivity contribution in [1.82, 2.24) is 20.4 Å². The predicted molar refractivity (Wildman–Crippen MR) is 71.0 cm³/mol. The Hall–Kier alpha value is -2.27. The van der Waals surface area contributed by atoms with Crippen molar-refractivity contribution in [3.63, 3.8) is 0 Å². The number of anilines is 1. The van der Waals surface area contributed by atoms with Crippen LogP contribution in [0, 0.1) is 0 Å². The molecule has 0 unspecified atom stereocenters. The molecule has 0 saturated heterocycles. The summed E-state index contributed by atoms with van der Waals surface area (Å²) in [6, 6.07) is 9.35. The molecule has 3 aromatic rings. The molecule has 1 aromatic carbocycles. The molecule has 18 heavy (non-hydrogen) atoms. The first kappa shape index (κ1) is 10.9.